The molecule has 9 heteroatoms. The molecule has 0 saturated carbocycles. The normalized spacial score (nSPS) is 12.0. The molecule has 26 heavy (non-hydrogen) atoms. The maximum absolute atomic E-state index is 12.8. The molecule has 3 amide bonds. The number of halogens is 1. The van der Waals surface area contributed by atoms with Gasteiger partial charge in [0.05, 0.1) is 16.2 Å². The van der Waals surface area contributed by atoms with Crippen molar-refractivity contribution in [2.24, 2.45) is 0 Å². The second kappa shape index (κ2) is 9.05. The van der Waals surface area contributed by atoms with E-state index < -0.39 is 17.2 Å². The van der Waals surface area contributed by atoms with Crippen LogP contribution in [0, 0.1) is 0 Å². The van der Waals surface area contributed by atoms with Gasteiger partial charge in [-0.15, -0.1) is 0 Å². The molecule has 140 valence electrons. The number of aromatic nitrogens is 2. The first-order chi connectivity index (χ1) is 12.4. The summed E-state index contributed by atoms with van der Waals surface area (Å²) in [7, 11) is 0. The lowest BCUT2D eigenvalue weighted by molar-refractivity contribution is -0.119. The Morgan fingerprint density at radius 3 is 2.73 bits per heavy atom. The Hall–Kier alpha value is -2.06. The smallest absolute Gasteiger partial charge is 0.321 e. The third-order valence-electron chi connectivity index (χ3n) is 3.56. The van der Waals surface area contributed by atoms with E-state index in [1.165, 1.54) is 0 Å². The van der Waals surface area contributed by atoms with Gasteiger partial charge >= 0.3 is 6.03 Å². The Bertz CT molecular complexity index is 884. The van der Waals surface area contributed by atoms with Crippen LogP contribution in [0.25, 0.3) is 10.9 Å². The minimum atomic E-state index is -0.607. The Labute approximate surface area is 160 Å². The predicted molar refractivity (Wildman–Crippen MR) is 104 cm³/mol. The number of benzene rings is 1. The van der Waals surface area contributed by atoms with Crippen molar-refractivity contribution in [2.45, 2.75) is 44.1 Å². The van der Waals surface area contributed by atoms with Crippen LogP contribution in [0.2, 0.25) is 5.02 Å². The molecule has 7 nitrogen and oxygen atoms in total. The lowest BCUT2D eigenvalue weighted by atomic mass is 10.2. The first-order valence-electron chi connectivity index (χ1n) is 8.32. The number of thioether (sulfide) groups is 1. The van der Waals surface area contributed by atoms with E-state index >= 15 is 0 Å². The highest BCUT2D eigenvalue weighted by molar-refractivity contribution is 8.00. The van der Waals surface area contributed by atoms with E-state index in [-0.39, 0.29) is 5.56 Å². The number of imide groups is 1. The summed E-state index contributed by atoms with van der Waals surface area (Å²) in [5.74, 6) is -0.454. The summed E-state index contributed by atoms with van der Waals surface area (Å²) < 4.78 is 1.55. The van der Waals surface area contributed by atoms with Crippen LogP contribution in [0.3, 0.4) is 0 Å². The Balaban J connectivity index is 2.35. The molecule has 0 saturated heterocycles. The van der Waals surface area contributed by atoms with Gasteiger partial charge in [-0.25, -0.2) is 9.78 Å². The van der Waals surface area contributed by atoms with Crippen LogP contribution in [0.1, 0.15) is 27.2 Å². The topological polar surface area (TPSA) is 93.1 Å². The van der Waals surface area contributed by atoms with Gasteiger partial charge in [0.25, 0.3) is 5.56 Å². The number of nitrogens with one attached hydrogen (secondary N) is 2. The zero-order chi connectivity index (χ0) is 19.3. The van der Waals surface area contributed by atoms with Gasteiger partial charge in [-0.3, -0.25) is 19.5 Å². The van der Waals surface area contributed by atoms with Crippen LogP contribution < -0.4 is 16.2 Å². The van der Waals surface area contributed by atoms with Gasteiger partial charge in [0, 0.05) is 18.1 Å². The second-order valence-corrected chi connectivity index (χ2v) is 7.37. The fourth-order valence-electron chi connectivity index (χ4n) is 2.31. The third kappa shape index (κ3) is 4.76. The van der Waals surface area contributed by atoms with Gasteiger partial charge in [-0.05, 0) is 38.5 Å². The fourth-order valence-corrected chi connectivity index (χ4v) is 3.42. The van der Waals surface area contributed by atoms with Gasteiger partial charge in [0.2, 0.25) is 5.91 Å². The van der Waals surface area contributed by atoms with Crippen LogP contribution in [-0.4, -0.2) is 33.3 Å². The van der Waals surface area contributed by atoms with Gasteiger partial charge in [0.15, 0.2) is 5.16 Å². The molecule has 0 bridgehead atoms. The van der Waals surface area contributed by atoms with E-state index in [4.69, 9.17) is 11.6 Å². The first-order valence-corrected chi connectivity index (χ1v) is 9.58. The summed E-state index contributed by atoms with van der Waals surface area (Å²) in [6, 6.07) is 4.38. The Morgan fingerprint density at radius 1 is 1.35 bits per heavy atom. The van der Waals surface area contributed by atoms with Crippen LogP contribution in [-0.2, 0) is 11.3 Å². The zero-order valence-electron chi connectivity index (χ0n) is 14.8. The minimum absolute atomic E-state index is 0.174. The molecule has 2 rings (SSSR count). The molecule has 2 aromatic rings. The monoisotopic (exact) mass is 396 g/mol. The summed E-state index contributed by atoms with van der Waals surface area (Å²) >= 11 is 7.13. The number of hydrogen-bond acceptors (Lipinski definition) is 5. The average Bonchev–Trinajstić information content (AvgIpc) is 2.58. The number of urea groups is 1. The summed E-state index contributed by atoms with van der Waals surface area (Å²) in [5, 5.41) is 5.54. The Kier molecular flexibility index (Phi) is 7.05. The molecule has 0 radical (unpaired) electrons. The molecule has 0 fully saturated rings. The molecular formula is C17H21ClN4O3S. The van der Waals surface area contributed by atoms with E-state index in [0.29, 0.717) is 34.2 Å². The first kappa shape index (κ1) is 20.3. The van der Waals surface area contributed by atoms with Crippen molar-refractivity contribution in [3.8, 4) is 0 Å². The molecule has 0 spiro atoms. The van der Waals surface area contributed by atoms with Gasteiger partial charge in [-0.1, -0.05) is 30.3 Å². The van der Waals surface area contributed by atoms with Crippen LogP contribution in [0.4, 0.5) is 4.79 Å². The van der Waals surface area contributed by atoms with Crippen molar-refractivity contribution >= 4 is 46.2 Å². The van der Waals surface area contributed by atoms with Crippen LogP contribution in [0.15, 0.2) is 28.2 Å². The largest absolute Gasteiger partial charge is 0.338 e. The number of fused-ring (bicyclic) bond motifs is 1. The number of carbonyl (C=O) groups excluding carboxylic acids is 2. The van der Waals surface area contributed by atoms with Gasteiger partial charge < -0.3 is 5.32 Å². The number of rotatable bonds is 6. The molecule has 1 atom stereocenters. The van der Waals surface area contributed by atoms with Crippen molar-refractivity contribution < 1.29 is 9.59 Å². The molecule has 1 heterocycles. The summed E-state index contributed by atoms with van der Waals surface area (Å²) in [6.07, 6.45) is 0.744. The summed E-state index contributed by atoms with van der Waals surface area (Å²) in [6.45, 7) is 6.28. The average molecular weight is 397 g/mol. The molecule has 1 aromatic heterocycles. The number of amides is 3. The molecular weight excluding hydrogens is 376 g/mol. The summed E-state index contributed by atoms with van der Waals surface area (Å²) in [4.78, 5) is 41.0. The Morgan fingerprint density at radius 2 is 2.08 bits per heavy atom. The SMILES string of the molecule is CCCn1c(S[C@H](C)C(=O)NC(=O)NCC)nc2cc(Cl)ccc2c1=O. The fraction of sp³-hybridized carbons (Fsp3) is 0.412. The zero-order valence-corrected chi connectivity index (χ0v) is 16.4. The number of carbonyl (C=O) groups is 2. The molecule has 1 aromatic carbocycles. The number of hydrogen-bond donors (Lipinski definition) is 2. The molecule has 0 unspecified atom stereocenters. The molecule has 2 N–H and O–H groups in total. The van der Waals surface area contributed by atoms with Gasteiger partial charge in [0.1, 0.15) is 0 Å². The van der Waals surface area contributed by atoms with E-state index in [2.05, 4.69) is 15.6 Å². The molecule has 0 aliphatic carbocycles. The molecule has 0 aliphatic rings. The number of nitrogens with zero attached hydrogens (tertiary/aromatic N) is 2. The maximum atomic E-state index is 12.8. The second-order valence-electron chi connectivity index (χ2n) is 5.62. The van der Waals surface area contributed by atoms with E-state index in [1.54, 1.807) is 36.6 Å². The van der Waals surface area contributed by atoms with E-state index in [1.807, 2.05) is 6.92 Å². The highest BCUT2D eigenvalue weighted by atomic mass is 35.5. The van der Waals surface area contributed by atoms with Gasteiger partial charge in [-0.2, -0.15) is 0 Å². The van der Waals surface area contributed by atoms with E-state index in [9.17, 15) is 14.4 Å². The minimum Gasteiger partial charge on any atom is -0.338 e. The van der Waals surface area contributed by atoms with E-state index in [0.717, 1.165) is 18.2 Å². The lowest BCUT2D eigenvalue weighted by Gasteiger charge is -2.15. The van der Waals surface area contributed by atoms with Crippen molar-refractivity contribution in [1.29, 1.82) is 0 Å². The quantitative estimate of drug-likeness (QED) is 0.578. The standard InChI is InChI=1S/C17H21ClN4O3S/c1-4-8-22-15(24)12-7-6-11(18)9-13(12)20-17(22)26-10(3)14(23)21-16(25)19-5-2/h6-7,9-10H,4-5,8H2,1-3H3,(H2,19,21,23,25)/t10-/m1/s1. The van der Waals surface area contributed by atoms with Crippen molar-refractivity contribution in [2.75, 3.05) is 6.54 Å². The predicted octanol–water partition coefficient (Wildman–Crippen LogP) is 2.79. The van der Waals surface area contributed by atoms with Crippen molar-refractivity contribution in [3.05, 3.63) is 33.6 Å². The highest BCUT2D eigenvalue weighted by Crippen LogP contribution is 2.24. The van der Waals surface area contributed by atoms with Crippen molar-refractivity contribution in [1.82, 2.24) is 20.2 Å². The summed E-state index contributed by atoms with van der Waals surface area (Å²) in [5.41, 5.74) is 0.307. The van der Waals surface area contributed by atoms with Crippen LogP contribution >= 0.6 is 23.4 Å². The third-order valence-corrected chi connectivity index (χ3v) is 4.88. The highest BCUT2D eigenvalue weighted by Gasteiger charge is 2.20. The lowest BCUT2D eigenvalue weighted by Crippen LogP contribution is -2.42. The van der Waals surface area contributed by atoms with Crippen LogP contribution in [0.5, 0.6) is 0 Å². The molecule has 0 aliphatic heterocycles. The van der Waals surface area contributed by atoms with Crippen molar-refractivity contribution in [3.63, 3.8) is 0 Å². The maximum Gasteiger partial charge on any atom is 0.321 e.